The van der Waals surface area contributed by atoms with E-state index in [0.717, 1.165) is 23.5 Å². The summed E-state index contributed by atoms with van der Waals surface area (Å²) in [5.74, 6) is 1.80. The largest absolute Gasteiger partial charge is 0.466 e. The number of nitrogens with one attached hydrogen (secondary N) is 1. The van der Waals surface area contributed by atoms with Gasteiger partial charge in [0.15, 0.2) is 0 Å². The Kier molecular flexibility index (Phi) is 4.16. The average molecular weight is 207 g/mol. The van der Waals surface area contributed by atoms with E-state index in [4.69, 9.17) is 4.42 Å². The number of amides is 1. The highest BCUT2D eigenvalue weighted by molar-refractivity contribution is 5.75. The van der Waals surface area contributed by atoms with Crippen LogP contribution < -0.4 is 5.32 Å². The van der Waals surface area contributed by atoms with E-state index in [1.54, 1.807) is 6.08 Å². The maximum atomic E-state index is 11.3. The molecule has 0 aliphatic carbocycles. The molecule has 0 fully saturated rings. The molecule has 82 valence electrons. The number of allylic oxidation sites excluding steroid dienone is 1. The average Bonchev–Trinajstić information content (AvgIpc) is 2.51. The third kappa shape index (κ3) is 3.62. The standard InChI is InChI=1S/C12H17NO2/c1-4-5-6-12(14)13-8-11-7-9(2)15-10(11)3/h4,7H,1,5-6,8H2,2-3H3,(H,13,14). The summed E-state index contributed by atoms with van der Waals surface area (Å²) in [5, 5.41) is 2.84. The summed E-state index contributed by atoms with van der Waals surface area (Å²) in [6, 6.07) is 1.95. The van der Waals surface area contributed by atoms with Crippen LogP contribution in [0.3, 0.4) is 0 Å². The zero-order valence-electron chi connectivity index (χ0n) is 9.30. The van der Waals surface area contributed by atoms with E-state index >= 15 is 0 Å². The molecule has 0 aliphatic rings. The molecule has 0 saturated carbocycles. The van der Waals surface area contributed by atoms with Gasteiger partial charge in [-0.15, -0.1) is 6.58 Å². The Morgan fingerprint density at radius 3 is 2.87 bits per heavy atom. The van der Waals surface area contributed by atoms with Crippen LogP contribution in [0.4, 0.5) is 0 Å². The van der Waals surface area contributed by atoms with Crippen LogP contribution in [0.25, 0.3) is 0 Å². The molecule has 0 bridgehead atoms. The molecule has 0 unspecified atom stereocenters. The molecule has 1 rings (SSSR count). The molecule has 0 aliphatic heterocycles. The normalized spacial score (nSPS) is 10.0. The Bertz CT molecular complexity index is 353. The highest BCUT2D eigenvalue weighted by Gasteiger charge is 2.05. The van der Waals surface area contributed by atoms with Crippen molar-refractivity contribution in [2.24, 2.45) is 0 Å². The van der Waals surface area contributed by atoms with E-state index < -0.39 is 0 Å². The van der Waals surface area contributed by atoms with Crippen molar-refractivity contribution in [2.45, 2.75) is 33.2 Å². The topological polar surface area (TPSA) is 42.2 Å². The number of hydrogen-bond acceptors (Lipinski definition) is 2. The number of hydrogen-bond donors (Lipinski definition) is 1. The lowest BCUT2D eigenvalue weighted by Gasteiger charge is -2.02. The van der Waals surface area contributed by atoms with Crippen molar-refractivity contribution in [3.8, 4) is 0 Å². The lowest BCUT2D eigenvalue weighted by Crippen LogP contribution is -2.22. The van der Waals surface area contributed by atoms with Gasteiger partial charge in [-0.3, -0.25) is 4.79 Å². The molecule has 0 saturated heterocycles. The Balaban J connectivity index is 2.39. The predicted molar refractivity (Wildman–Crippen MR) is 59.5 cm³/mol. The number of rotatable bonds is 5. The number of carbonyl (C=O) groups excluding carboxylic acids is 1. The first-order chi connectivity index (χ1) is 7.13. The van der Waals surface area contributed by atoms with Gasteiger partial charge >= 0.3 is 0 Å². The molecule has 1 amide bonds. The van der Waals surface area contributed by atoms with Crippen LogP contribution in [0.5, 0.6) is 0 Å². The Morgan fingerprint density at radius 1 is 1.60 bits per heavy atom. The van der Waals surface area contributed by atoms with Gasteiger partial charge in [-0.05, 0) is 26.3 Å². The second-order valence-corrected chi connectivity index (χ2v) is 3.54. The third-order valence-corrected chi connectivity index (χ3v) is 2.20. The fraction of sp³-hybridized carbons (Fsp3) is 0.417. The predicted octanol–water partition coefficient (Wildman–Crippen LogP) is 2.48. The molecule has 1 N–H and O–H groups in total. The second kappa shape index (κ2) is 5.39. The van der Waals surface area contributed by atoms with Gasteiger partial charge in [-0.25, -0.2) is 0 Å². The van der Waals surface area contributed by atoms with Crippen LogP contribution >= 0.6 is 0 Å². The van der Waals surface area contributed by atoms with E-state index in [-0.39, 0.29) is 5.91 Å². The Hall–Kier alpha value is -1.51. The molecule has 1 aromatic rings. The maximum absolute atomic E-state index is 11.3. The van der Waals surface area contributed by atoms with Gasteiger partial charge < -0.3 is 9.73 Å². The van der Waals surface area contributed by atoms with Gasteiger partial charge in [0.05, 0.1) is 0 Å². The second-order valence-electron chi connectivity index (χ2n) is 3.54. The van der Waals surface area contributed by atoms with Crippen LogP contribution in [0, 0.1) is 13.8 Å². The first-order valence-corrected chi connectivity index (χ1v) is 5.07. The molecule has 3 nitrogen and oxygen atoms in total. The smallest absolute Gasteiger partial charge is 0.220 e. The molecule has 0 radical (unpaired) electrons. The van der Waals surface area contributed by atoms with Crippen molar-refractivity contribution >= 4 is 5.91 Å². The van der Waals surface area contributed by atoms with Crippen LogP contribution in [-0.4, -0.2) is 5.91 Å². The summed E-state index contributed by atoms with van der Waals surface area (Å²) in [4.78, 5) is 11.3. The van der Waals surface area contributed by atoms with Crippen LogP contribution in [0.15, 0.2) is 23.1 Å². The summed E-state index contributed by atoms with van der Waals surface area (Å²) in [5.41, 5.74) is 1.04. The monoisotopic (exact) mass is 207 g/mol. The van der Waals surface area contributed by atoms with Gasteiger partial charge in [0.2, 0.25) is 5.91 Å². The van der Waals surface area contributed by atoms with Crippen molar-refractivity contribution in [3.05, 3.63) is 35.8 Å². The quantitative estimate of drug-likeness (QED) is 0.754. The minimum Gasteiger partial charge on any atom is -0.466 e. The van der Waals surface area contributed by atoms with Crippen LogP contribution in [0.1, 0.15) is 29.9 Å². The lowest BCUT2D eigenvalue weighted by molar-refractivity contribution is -0.121. The van der Waals surface area contributed by atoms with Gasteiger partial charge in [0, 0.05) is 18.5 Å². The Morgan fingerprint density at radius 2 is 2.33 bits per heavy atom. The van der Waals surface area contributed by atoms with Crippen LogP contribution in [0.2, 0.25) is 0 Å². The molecule has 0 aromatic carbocycles. The fourth-order valence-corrected chi connectivity index (χ4v) is 1.37. The van der Waals surface area contributed by atoms with Gasteiger partial charge in [0.1, 0.15) is 11.5 Å². The zero-order chi connectivity index (χ0) is 11.3. The van der Waals surface area contributed by atoms with Gasteiger partial charge in [0.25, 0.3) is 0 Å². The highest BCUT2D eigenvalue weighted by Crippen LogP contribution is 2.13. The summed E-state index contributed by atoms with van der Waals surface area (Å²) < 4.78 is 5.36. The van der Waals surface area contributed by atoms with E-state index in [2.05, 4.69) is 11.9 Å². The molecule has 3 heteroatoms. The summed E-state index contributed by atoms with van der Waals surface area (Å²) in [6.45, 7) is 7.91. The van der Waals surface area contributed by atoms with Crippen LogP contribution in [-0.2, 0) is 11.3 Å². The SMILES string of the molecule is C=CCCC(=O)NCc1cc(C)oc1C. The first kappa shape index (κ1) is 11.6. The summed E-state index contributed by atoms with van der Waals surface area (Å²) >= 11 is 0. The summed E-state index contributed by atoms with van der Waals surface area (Å²) in [6.07, 6.45) is 2.96. The van der Waals surface area contributed by atoms with Gasteiger partial charge in [-0.2, -0.15) is 0 Å². The first-order valence-electron chi connectivity index (χ1n) is 5.07. The highest BCUT2D eigenvalue weighted by atomic mass is 16.3. The number of aryl methyl sites for hydroxylation is 2. The van der Waals surface area contributed by atoms with Crippen molar-refractivity contribution < 1.29 is 9.21 Å². The molecule has 1 heterocycles. The third-order valence-electron chi connectivity index (χ3n) is 2.20. The lowest BCUT2D eigenvalue weighted by atomic mass is 10.2. The molecule has 0 atom stereocenters. The molecule has 15 heavy (non-hydrogen) atoms. The summed E-state index contributed by atoms with van der Waals surface area (Å²) in [7, 11) is 0. The van der Waals surface area contributed by atoms with E-state index in [1.807, 2.05) is 19.9 Å². The van der Waals surface area contributed by atoms with Crippen molar-refractivity contribution in [2.75, 3.05) is 0 Å². The molecule has 0 spiro atoms. The number of furan rings is 1. The minimum absolute atomic E-state index is 0.0492. The van der Waals surface area contributed by atoms with Gasteiger partial charge in [-0.1, -0.05) is 6.08 Å². The molecular formula is C12H17NO2. The zero-order valence-corrected chi connectivity index (χ0v) is 9.30. The Labute approximate surface area is 90.2 Å². The van der Waals surface area contributed by atoms with Crippen molar-refractivity contribution in [1.29, 1.82) is 0 Å². The van der Waals surface area contributed by atoms with E-state index in [1.165, 1.54) is 0 Å². The van der Waals surface area contributed by atoms with Crippen molar-refractivity contribution in [3.63, 3.8) is 0 Å². The minimum atomic E-state index is 0.0492. The van der Waals surface area contributed by atoms with E-state index in [0.29, 0.717) is 13.0 Å². The van der Waals surface area contributed by atoms with Crippen molar-refractivity contribution in [1.82, 2.24) is 5.32 Å². The number of carbonyl (C=O) groups is 1. The maximum Gasteiger partial charge on any atom is 0.220 e. The molecule has 1 aromatic heterocycles. The fourth-order valence-electron chi connectivity index (χ4n) is 1.37. The molecular weight excluding hydrogens is 190 g/mol. The van der Waals surface area contributed by atoms with E-state index in [9.17, 15) is 4.79 Å².